The first-order valence-electron chi connectivity index (χ1n) is 9.46. The molecule has 0 radical (unpaired) electrons. The van der Waals surface area contributed by atoms with Gasteiger partial charge in [-0.25, -0.2) is 4.98 Å². The van der Waals surface area contributed by atoms with Gasteiger partial charge in [-0.1, -0.05) is 78.9 Å². The summed E-state index contributed by atoms with van der Waals surface area (Å²) in [5.41, 5.74) is 7.61. The standard InChI is InChI=1S/C26H17N3/c27-16-21-13-7-8-14-23(21)22-15-24(19-9-3-1-4-10-19)26-28-25(18-29(26)17-22)20-11-5-2-6-12-20/h1-15,17-18H. The highest BCUT2D eigenvalue weighted by Gasteiger charge is 2.14. The molecule has 0 amide bonds. The van der Waals surface area contributed by atoms with E-state index >= 15 is 0 Å². The molecule has 0 saturated carbocycles. The summed E-state index contributed by atoms with van der Waals surface area (Å²) >= 11 is 0. The van der Waals surface area contributed by atoms with Gasteiger partial charge < -0.3 is 4.40 Å². The van der Waals surface area contributed by atoms with Crippen LogP contribution in [0.4, 0.5) is 0 Å². The number of fused-ring (bicyclic) bond motifs is 1. The van der Waals surface area contributed by atoms with Crippen LogP contribution >= 0.6 is 0 Å². The smallest absolute Gasteiger partial charge is 0.145 e. The van der Waals surface area contributed by atoms with Crippen LogP contribution in [0.3, 0.4) is 0 Å². The number of hydrogen-bond acceptors (Lipinski definition) is 2. The Kier molecular flexibility index (Phi) is 4.16. The minimum absolute atomic E-state index is 0.661. The monoisotopic (exact) mass is 371 g/mol. The molecule has 0 N–H and O–H groups in total. The van der Waals surface area contributed by atoms with Gasteiger partial charge in [-0.2, -0.15) is 5.26 Å². The van der Waals surface area contributed by atoms with E-state index in [0.717, 1.165) is 39.2 Å². The molecule has 0 aliphatic rings. The molecule has 29 heavy (non-hydrogen) atoms. The van der Waals surface area contributed by atoms with E-state index in [1.165, 1.54) is 0 Å². The number of nitriles is 1. The molecule has 0 atom stereocenters. The molecular weight excluding hydrogens is 354 g/mol. The predicted molar refractivity (Wildman–Crippen MR) is 116 cm³/mol. The highest BCUT2D eigenvalue weighted by atomic mass is 15.0. The summed E-state index contributed by atoms with van der Waals surface area (Å²) in [4.78, 5) is 4.93. The Morgan fingerprint density at radius 3 is 2.03 bits per heavy atom. The lowest BCUT2D eigenvalue weighted by Crippen LogP contribution is -1.92. The van der Waals surface area contributed by atoms with Crippen molar-refractivity contribution < 1.29 is 0 Å². The Balaban J connectivity index is 1.80. The van der Waals surface area contributed by atoms with Gasteiger partial charge in [0.1, 0.15) is 5.65 Å². The van der Waals surface area contributed by atoms with Crippen LogP contribution in [-0.4, -0.2) is 9.38 Å². The first kappa shape index (κ1) is 17.0. The Hall–Kier alpha value is -4.16. The van der Waals surface area contributed by atoms with Gasteiger partial charge in [-0.3, -0.25) is 0 Å². The fourth-order valence-corrected chi connectivity index (χ4v) is 3.66. The van der Waals surface area contributed by atoms with E-state index in [1.54, 1.807) is 0 Å². The van der Waals surface area contributed by atoms with E-state index in [9.17, 15) is 5.26 Å². The SMILES string of the molecule is N#Cc1ccccc1-c1cc(-c2ccccc2)c2nc(-c3ccccc3)cn2c1. The average molecular weight is 371 g/mol. The molecule has 0 saturated heterocycles. The van der Waals surface area contributed by atoms with Gasteiger partial charge >= 0.3 is 0 Å². The quantitative estimate of drug-likeness (QED) is 0.378. The molecule has 3 heteroatoms. The maximum Gasteiger partial charge on any atom is 0.145 e. The van der Waals surface area contributed by atoms with E-state index in [2.05, 4.69) is 53.2 Å². The van der Waals surface area contributed by atoms with Crippen molar-refractivity contribution in [3.05, 3.63) is 109 Å². The molecule has 2 heterocycles. The normalized spacial score (nSPS) is 10.7. The second kappa shape index (κ2) is 7.10. The van der Waals surface area contributed by atoms with Crippen molar-refractivity contribution in [3.63, 3.8) is 0 Å². The fourth-order valence-electron chi connectivity index (χ4n) is 3.66. The second-order valence-electron chi connectivity index (χ2n) is 6.89. The molecule has 5 rings (SSSR count). The van der Waals surface area contributed by atoms with E-state index in [-0.39, 0.29) is 0 Å². The molecule has 3 aromatic carbocycles. The molecule has 2 aromatic heterocycles. The van der Waals surface area contributed by atoms with E-state index in [4.69, 9.17) is 4.98 Å². The molecule has 0 aliphatic heterocycles. The van der Waals surface area contributed by atoms with Crippen LogP contribution in [0.5, 0.6) is 0 Å². The first-order valence-corrected chi connectivity index (χ1v) is 9.46. The van der Waals surface area contributed by atoms with Crippen molar-refractivity contribution in [2.75, 3.05) is 0 Å². The molecule has 0 spiro atoms. The fraction of sp³-hybridized carbons (Fsp3) is 0. The van der Waals surface area contributed by atoms with E-state index in [0.29, 0.717) is 5.56 Å². The zero-order chi connectivity index (χ0) is 19.6. The summed E-state index contributed by atoms with van der Waals surface area (Å²) in [6, 6.07) is 32.6. The average Bonchev–Trinajstić information content (AvgIpc) is 3.24. The van der Waals surface area contributed by atoms with Crippen molar-refractivity contribution in [2.24, 2.45) is 0 Å². The number of rotatable bonds is 3. The van der Waals surface area contributed by atoms with Gasteiger partial charge in [0.15, 0.2) is 0 Å². The van der Waals surface area contributed by atoms with Gasteiger partial charge in [-0.05, 0) is 17.7 Å². The largest absolute Gasteiger partial charge is 0.305 e. The number of benzene rings is 3. The maximum atomic E-state index is 9.56. The summed E-state index contributed by atoms with van der Waals surface area (Å²) in [6.45, 7) is 0. The third kappa shape index (κ3) is 3.07. The molecule has 0 bridgehead atoms. The second-order valence-corrected chi connectivity index (χ2v) is 6.89. The maximum absolute atomic E-state index is 9.56. The van der Waals surface area contributed by atoms with Crippen molar-refractivity contribution in [2.45, 2.75) is 0 Å². The lowest BCUT2D eigenvalue weighted by Gasteiger charge is -2.10. The van der Waals surface area contributed by atoms with Crippen LogP contribution in [0.15, 0.2) is 103 Å². The summed E-state index contributed by atoms with van der Waals surface area (Å²) in [5.74, 6) is 0. The van der Waals surface area contributed by atoms with Crippen LogP contribution in [0.25, 0.3) is 39.2 Å². The summed E-state index contributed by atoms with van der Waals surface area (Å²) in [7, 11) is 0. The van der Waals surface area contributed by atoms with Gasteiger partial charge in [0.2, 0.25) is 0 Å². The molecule has 0 aliphatic carbocycles. The summed E-state index contributed by atoms with van der Waals surface area (Å²) in [6.07, 6.45) is 4.10. The molecular formula is C26H17N3. The van der Waals surface area contributed by atoms with Crippen LogP contribution in [0, 0.1) is 11.3 Å². The van der Waals surface area contributed by atoms with Crippen LogP contribution in [-0.2, 0) is 0 Å². The van der Waals surface area contributed by atoms with Gasteiger partial charge in [0, 0.05) is 34.6 Å². The zero-order valence-electron chi connectivity index (χ0n) is 15.7. The predicted octanol–water partition coefficient (Wildman–Crippen LogP) is 6.21. The van der Waals surface area contributed by atoms with E-state index in [1.807, 2.05) is 60.7 Å². The van der Waals surface area contributed by atoms with Crippen molar-refractivity contribution >= 4 is 5.65 Å². The Morgan fingerprint density at radius 1 is 0.655 bits per heavy atom. The van der Waals surface area contributed by atoms with Crippen LogP contribution in [0.1, 0.15) is 5.56 Å². The molecule has 5 aromatic rings. The summed E-state index contributed by atoms with van der Waals surface area (Å²) in [5, 5.41) is 9.56. The Bertz CT molecular complexity index is 1340. The highest BCUT2D eigenvalue weighted by Crippen LogP contribution is 2.33. The third-order valence-electron chi connectivity index (χ3n) is 5.06. The van der Waals surface area contributed by atoms with Crippen LogP contribution < -0.4 is 0 Å². The molecule has 3 nitrogen and oxygen atoms in total. The van der Waals surface area contributed by atoms with E-state index < -0.39 is 0 Å². The van der Waals surface area contributed by atoms with Crippen LogP contribution in [0.2, 0.25) is 0 Å². The lowest BCUT2D eigenvalue weighted by molar-refractivity contribution is 1.19. The summed E-state index contributed by atoms with van der Waals surface area (Å²) < 4.78 is 2.06. The minimum atomic E-state index is 0.661. The minimum Gasteiger partial charge on any atom is -0.305 e. The Labute approximate surface area is 169 Å². The molecule has 0 unspecified atom stereocenters. The topological polar surface area (TPSA) is 41.1 Å². The first-order chi connectivity index (χ1) is 14.3. The number of hydrogen-bond donors (Lipinski definition) is 0. The lowest BCUT2D eigenvalue weighted by atomic mass is 9.98. The van der Waals surface area contributed by atoms with Gasteiger partial charge in [-0.15, -0.1) is 0 Å². The highest BCUT2D eigenvalue weighted by molar-refractivity contribution is 5.85. The number of nitrogens with zero attached hydrogens (tertiary/aromatic N) is 3. The number of imidazole rings is 1. The molecule has 0 fully saturated rings. The molecule has 136 valence electrons. The third-order valence-corrected chi connectivity index (χ3v) is 5.06. The number of pyridine rings is 1. The van der Waals surface area contributed by atoms with Gasteiger partial charge in [0.05, 0.1) is 17.3 Å². The zero-order valence-corrected chi connectivity index (χ0v) is 15.7. The van der Waals surface area contributed by atoms with Crippen molar-refractivity contribution in [3.8, 4) is 39.6 Å². The van der Waals surface area contributed by atoms with Gasteiger partial charge in [0.25, 0.3) is 0 Å². The van der Waals surface area contributed by atoms with Crippen molar-refractivity contribution in [1.29, 1.82) is 5.26 Å². The Morgan fingerprint density at radius 2 is 1.31 bits per heavy atom. The number of aromatic nitrogens is 2. The van der Waals surface area contributed by atoms with Crippen molar-refractivity contribution in [1.82, 2.24) is 9.38 Å².